The lowest BCUT2D eigenvalue weighted by Crippen LogP contribution is -2.30. The zero-order valence-corrected chi connectivity index (χ0v) is 18.8. The van der Waals surface area contributed by atoms with Crippen molar-refractivity contribution >= 4 is 5.91 Å². The summed E-state index contributed by atoms with van der Waals surface area (Å²) in [6.45, 7) is -0.101. The number of hydrogen-bond donors (Lipinski definition) is 0. The first kappa shape index (κ1) is 25.5. The molecule has 0 aliphatic rings. The second-order valence-corrected chi connectivity index (χ2v) is 7.71. The van der Waals surface area contributed by atoms with Gasteiger partial charge in [-0.1, -0.05) is 48.5 Å². The standard InChI is InChI=1S/C25H23F3N2O5/c1-29(24(31)22-10-6-5-9-19(22)17-34-30(32)33)16-15-23(18-7-3-2-4-8-18)35-21-13-11-20(12-14-21)25(26,27)28/h2-14,23H,15-17H2,1H3/t23-/m1/s1. The molecule has 0 heterocycles. The predicted octanol–water partition coefficient (Wildman–Crippen LogP) is 5.70. The van der Waals surface area contributed by atoms with Gasteiger partial charge in [-0.3, -0.25) is 4.79 Å². The van der Waals surface area contributed by atoms with Gasteiger partial charge in [-0.2, -0.15) is 13.2 Å². The van der Waals surface area contributed by atoms with E-state index in [-0.39, 0.29) is 30.4 Å². The van der Waals surface area contributed by atoms with Gasteiger partial charge in [0.1, 0.15) is 18.5 Å². The molecule has 0 aliphatic heterocycles. The maximum atomic E-state index is 13.0. The van der Waals surface area contributed by atoms with Gasteiger partial charge < -0.3 is 14.5 Å². The highest BCUT2D eigenvalue weighted by Crippen LogP contribution is 2.32. The van der Waals surface area contributed by atoms with Crippen molar-refractivity contribution in [1.82, 2.24) is 4.90 Å². The van der Waals surface area contributed by atoms with Crippen molar-refractivity contribution in [2.45, 2.75) is 25.3 Å². The first-order chi connectivity index (χ1) is 16.6. The maximum absolute atomic E-state index is 13.0. The molecule has 0 bridgehead atoms. The number of halogens is 3. The van der Waals surface area contributed by atoms with Gasteiger partial charge in [-0.25, -0.2) is 0 Å². The second-order valence-electron chi connectivity index (χ2n) is 7.71. The van der Waals surface area contributed by atoms with Gasteiger partial charge in [0.15, 0.2) is 0 Å². The molecule has 3 aromatic carbocycles. The number of rotatable bonds is 10. The van der Waals surface area contributed by atoms with Crippen LogP contribution in [0.4, 0.5) is 13.2 Å². The summed E-state index contributed by atoms with van der Waals surface area (Å²) in [7, 11) is 1.59. The quantitative estimate of drug-likeness (QED) is 0.270. The molecular weight excluding hydrogens is 465 g/mol. The molecule has 0 aliphatic carbocycles. The summed E-state index contributed by atoms with van der Waals surface area (Å²) in [5.41, 5.74) is 0.678. The Labute approximate surface area is 199 Å². The average molecular weight is 488 g/mol. The third-order valence-electron chi connectivity index (χ3n) is 5.28. The van der Waals surface area contributed by atoms with E-state index in [1.54, 1.807) is 31.3 Å². The summed E-state index contributed by atoms with van der Waals surface area (Å²) < 4.78 is 44.6. The number of ether oxygens (including phenoxy) is 1. The topological polar surface area (TPSA) is 81.9 Å². The summed E-state index contributed by atoms with van der Waals surface area (Å²) in [5, 5.41) is 9.61. The summed E-state index contributed by atoms with van der Waals surface area (Å²) >= 11 is 0. The SMILES string of the molecule is CN(CC[C@@H](Oc1ccc(C(F)(F)F)cc1)c1ccccc1)C(=O)c1ccccc1CO[N+](=O)[O-]. The normalized spacial score (nSPS) is 12.0. The fourth-order valence-corrected chi connectivity index (χ4v) is 3.44. The van der Waals surface area contributed by atoms with Crippen molar-refractivity contribution in [2.24, 2.45) is 0 Å². The lowest BCUT2D eigenvalue weighted by molar-refractivity contribution is -0.763. The molecule has 0 saturated heterocycles. The molecular formula is C25H23F3N2O5. The third-order valence-corrected chi connectivity index (χ3v) is 5.28. The Hall–Kier alpha value is -4.08. The van der Waals surface area contributed by atoms with E-state index in [1.165, 1.54) is 17.0 Å². The molecule has 1 amide bonds. The highest BCUT2D eigenvalue weighted by Gasteiger charge is 2.30. The van der Waals surface area contributed by atoms with Gasteiger partial charge in [-0.15, -0.1) is 10.1 Å². The summed E-state index contributed by atoms with van der Waals surface area (Å²) in [5.74, 6) is -0.0861. The monoisotopic (exact) mass is 488 g/mol. The third kappa shape index (κ3) is 7.20. The van der Waals surface area contributed by atoms with Gasteiger partial charge in [-0.05, 0) is 41.5 Å². The van der Waals surface area contributed by atoms with E-state index in [0.717, 1.165) is 17.7 Å². The summed E-state index contributed by atoms with van der Waals surface area (Å²) in [4.78, 5) is 29.4. The fourth-order valence-electron chi connectivity index (χ4n) is 3.44. The van der Waals surface area contributed by atoms with E-state index in [0.29, 0.717) is 12.0 Å². The first-order valence-corrected chi connectivity index (χ1v) is 10.6. The number of carbonyl (C=O) groups excluding carboxylic acids is 1. The van der Waals surface area contributed by atoms with E-state index >= 15 is 0 Å². The van der Waals surface area contributed by atoms with Gasteiger partial charge in [0.2, 0.25) is 0 Å². The van der Waals surface area contributed by atoms with Crippen molar-refractivity contribution < 1.29 is 32.6 Å². The minimum atomic E-state index is -4.44. The molecule has 0 spiro atoms. The Morgan fingerprint density at radius 1 is 1.00 bits per heavy atom. The zero-order valence-electron chi connectivity index (χ0n) is 18.8. The minimum Gasteiger partial charge on any atom is -0.486 e. The van der Waals surface area contributed by atoms with Gasteiger partial charge >= 0.3 is 6.18 Å². The minimum absolute atomic E-state index is 0.253. The van der Waals surface area contributed by atoms with E-state index in [4.69, 9.17) is 4.74 Å². The van der Waals surface area contributed by atoms with Gasteiger partial charge in [0, 0.05) is 25.6 Å². The maximum Gasteiger partial charge on any atom is 0.416 e. The van der Waals surface area contributed by atoms with Crippen LogP contribution in [0.25, 0.3) is 0 Å². The molecule has 0 aromatic heterocycles. The second kappa shape index (κ2) is 11.4. The average Bonchev–Trinajstić information content (AvgIpc) is 2.85. The first-order valence-electron chi connectivity index (χ1n) is 10.6. The van der Waals surface area contributed by atoms with Crippen molar-refractivity contribution in [3.63, 3.8) is 0 Å². The molecule has 0 radical (unpaired) electrons. The Morgan fingerprint density at radius 2 is 1.63 bits per heavy atom. The van der Waals surface area contributed by atoms with Crippen LogP contribution >= 0.6 is 0 Å². The highest BCUT2D eigenvalue weighted by atomic mass is 19.4. The molecule has 0 fully saturated rings. The number of amides is 1. The van der Waals surface area contributed by atoms with Crippen LogP contribution in [-0.2, 0) is 17.6 Å². The zero-order chi connectivity index (χ0) is 25.4. The van der Waals surface area contributed by atoms with E-state index in [9.17, 15) is 28.1 Å². The molecule has 0 saturated carbocycles. The van der Waals surface area contributed by atoms with Crippen LogP contribution in [0.3, 0.4) is 0 Å². The van der Waals surface area contributed by atoms with Crippen molar-refractivity contribution in [3.8, 4) is 5.75 Å². The molecule has 184 valence electrons. The molecule has 10 heteroatoms. The number of carbonyl (C=O) groups is 1. The Morgan fingerprint density at radius 3 is 2.26 bits per heavy atom. The molecule has 0 unspecified atom stereocenters. The van der Waals surface area contributed by atoms with E-state index in [2.05, 4.69) is 4.84 Å². The molecule has 1 atom stereocenters. The molecule has 0 N–H and O–H groups in total. The predicted molar refractivity (Wildman–Crippen MR) is 121 cm³/mol. The number of hydrogen-bond acceptors (Lipinski definition) is 5. The lowest BCUT2D eigenvalue weighted by Gasteiger charge is -2.24. The van der Waals surface area contributed by atoms with Crippen LogP contribution in [-0.4, -0.2) is 29.5 Å². The number of benzene rings is 3. The molecule has 7 nitrogen and oxygen atoms in total. The Bertz CT molecular complexity index is 1140. The largest absolute Gasteiger partial charge is 0.486 e. The fraction of sp³-hybridized carbons (Fsp3) is 0.240. The van der Waals surface area contributed by atoms with Crippen LogP contribution in [0, 0.1) is 10.1 Å². The van der Waals surface area contributed by atoms with Crippen LogP contribution in [0.15, 0.2) is 78.9 Å². The summed E-state index contributed by atoms with van der Waals surface area (Å²) in [6.07, 6.45) is -4.63. The molecule has 3 rings (SSSR count). The van der Waals surface area contributed by atoms with Crippen molar-refractivity contribution in [1.29, 1.82) is 0 Å². The van der Waals surface area contributed by atoms with Crippen LogP contribution < -0.4 is 4.74 Å². The Kier molecular flexibility index (Phi) is 8.30. The smallest absolute Gasteiger partial charge is 0.416 e. The van der Waals surface area contributed by atoms with Gasteiger partial charge in [0.05, 0.1) is 5.56 Å². The van der Waals surface area contributed by atoms with E-state index in [1.807, 2.05) is 30.3 Å². The molecule has 3 aromatic rings. The van der Waals surface area contributed by atoms with E-state index < -0.39 is 22.9 Å². The number of nitrogens with zero attached hydrogens (tertiary/aromatic N) is 2. The van der Waals surface area contributed by atoms with Crippen LogP contribution in [0.2, 0.25) is 0 Å². The lowest BCUT2D eigenvalue weighted by atomic mass is 10.0. The van der Waals surface area contributed by atoms with Crippen molar-refractivity contribution in [3.05, 3.63) is 111 Å². The number of alkyl halides is 3. The van der Waals surface area contributed by atoms with Crippen LogP contribution in [0.5, 0.6) is 5.75 Å². The summed E-state index contributed by atoms with van der Waals surface area (Å²) in [6, 6.07) is 20.0. The highest BCUT2D eigenvalue weighted by molar-refractivity contribution is 5.95. The van der Waals surface area contributed by atoms with Crippen LogP contribution in [0.1, 0.15) is 39.6 Å². The van der Waals surface area contributed by atoms with Crippen molar-refractivity contribution in [2.75, 3.05) is 13.6 Å². The van der Waals surface area contributed by atoms with Gasteiger partial charge in [0.25, 0.3) is 11.0 Å². The molecule has 35 heavy (non-hydrogen) atoms. The Balaban J connectivity index is 1.72.